The lowest BCUT2D eigenvalue weighted by Gasteiger charge is -2.04. The Bertz CT molecular complexity index is 1540. The van der Waals surface area contributed by atoms with E-state index in [0.29, 0.717) is 11.1 Å². The number of para-hydroxylation sites is 2. The van der Waals surface area contributed by atoms with Gasteiger partial charge in [-0.3, -0.25) is 4.79 Å². The maximum absolute atomic E-state index is 13.4. The minimum atomic E-state index is 0.0276. The van der Waals surface area contributed by atoms with Gasteiger partial charge < -0.3 is 4.42 Å². The van der Waals surface area contributed by atoms with E-state index in [-0.39, 0.29) is 5.78 Å². The topological polar surface area (TPSA) is 30.2 Å². The SMILES string of the molecule is O=C(c1ccccc1)c1cc(-c2cccc3c2oc2ccccc23)c2cccccc1-2. The van der Waals surface area contributed by atoms with E-state index in [4.69, 9.17) is 4.42 Å². The van der Waals surface area contributed by atoms with Gasteiger partial charge in [0.15, 0.2) is 5.78 Å². The maximum atomic E-state index is 13.4. The predicted octanol–water partition coefficient (Wildman–Crippen LogP) is 7.59. The summed E-state index contributed by atoms with van der Waals surface area (Å²) in [6.07, 6.45) is 0. The number of furan rings is 1. The molecule has 0 amide bonds. The summed E-state index contributed by atoms with van der Waals surface area (Å²) < 4.78 is 6.28. The Morgan fingerprint density at radius 1 is 0.548 bits per heavy atom. The zero-order chi connectivity index (χ0) is 20.8. The lowest BCUT2D eigenvalue weighted by molar-refractivity contribution is 0.103. The molecule has 2 nitrogen and oxygen atoms in total. The molecule has 4 aromatic rings. The Morgan fingerprint density at radius 2 is 1.19 bits per heavy atom. The summed E-state index contributed by atoms with van der Waals surface area (Å²) in [5, 5.41) is 2.18. The van der Waals surface area contributed by atoms with E-state index in [2.05, 4.69) is 30.3 Å². The van der Waals surface area contributed by atoms with Crippen LogP contribution in [0.2, 0.25) is 0 Å². The number of fused-ring (bicyclic) bond motifs is 4. The van der Waals surface area contributed by atoms with Crippen LogP contribution in [0.1, 0.15) is 15.9 Å². The molecule has 0 spiro atoms. The van der Waals surface area contributed by atoms with Crippen LogP contribution in [-0.4, -0.2) is 5.78 Å². The molecule has 0 unspecified atom stereocenters. The van der Waals surface area contributed by atoms with Gasteiger partial charge in [0.2, 0.25) is 0 Å². The van der Waals surface area contributed by atoms with E-state index in [1.54, 1.807) is 0 Å². The molecular weight excluding hydrogens is 380 g/mol. The molecule has 0 saturated carbocycles. The van der Waals surface area contributed by atoms with Crippen LogP contribution in [0, 0.1) is 0 Å². The van der Waals surface area contributed by atoms with Crippen LogP contribution in [0.15, 0.2) is 114 Å². The van der Waals surface area contributed by atoms with Crippen molar-refractivity contribution in [2.24, 2.45) is 0 Å². The molecule has 0 N–H and O–H groups in total. The average Bonchev–Trinajstić information content (AvgIpc) is 3.28. The molecule has 146 valence electrons. The Morgan fingerprint density at radius 3 is 2.03 bits per heavy atom. The molecule has 0 fully saturated rings. The molecule has 0 radical (unpaired) electrons. The molecule has 1 heterocycles. The second kappa shape index (κ2) is 6.96. The highest BCUT2D eigenvalue weighted by atomic mass is 16.3. The molecular formula is C29H18O2. The van der Waals surface area contributed by atoms with Crippen molar-refractivity contribution < 1.29 is 9.21 Å². The van der Waals surface area contributed by atoms with Crippen LogP contribution < -0.4 is 0 Å². The number of carbonyl (C=O) groups is 1. The maximum Gasteiger partial charge on any atom is 0.193 e. The fourth-order valence-electron chi connectivity index (χ4n) is 4.43. The molecule has 2 aliphatic carbocycles. The number of hydrogen-bond acceptors (Lipinski definition) is 2. The zero-order valence-corrected chi connectivity index (χ0v) is 16.7. The fraction of sp³-hybridized carbons (Fsp3) is 0. The standard InChI is InChI=1S/C29H18O2/c30-28(19-10-3-1-4-11-19)26-18-25(20-12-5-2-6-13-21(20)26)24-16-9-15-23-22-14-7-8-17-27(22)31-29(23)24/h1-18H. The number of carbonyl (C=O) groups excluding carboxylic acids is 1. The Labute approximate surface area is 179 Å². The predicted molar refractivity (Wildman–Crippen MR) is 126 cm³/mol. The van der Waals surface area contributed by atoms with Gasteiger partial charge in [-0.25, -0.2) is 0 Å². The molecule has 0 bridgehead atoms. The van der Waals surface area contributed by atoms with E-state index in [9.17, 15) is 4.79 Å². The van der Waals surface area contributed by atoms with Gasteiger partial charge in [0.25, 0.3) is 0 Å². The first kappa shape index (κ1) is 17.7. The van der Waals surface area contributed by atoms with E-state index in [1.165, 1.54) is 0 Å². The van der Waals surface area contributed by atoms with Crippen molar-refractivity contribution >= 4 is 27.7 Å². The molecule has 0 atom stereocenters. The minimum absolute atomic E-state index is 0.0276. The second-order valence-electron chi connectivity index (χ2n) is 7.69. The van der Waals surface area contributed by atoms with Crippen molar-refractivity contribution in [3.05, 3.63) is 120 Å². The lowest BCUT2D eigenvalue weighted by Crippen LogP contribution is -2.00. The summed E-state index contributed by atoms with van der Waals surface area (Å²) in [7, 11) is 0. The summed E-state index contributed by atoms with van der Waals surface area (Å²) in [5.41, 5.74) is 7.11. The van der Waals surface area contributed by atoms with Crippen molar-refractivity contribution in [1.82, 2.24) is 0 Å². The molecule has 6 rings (SSSR count). The van der Waals surface area contributed by atoms with Crippen molar-refractivity contribution in [2.75, 3.05) is 0 Å². The number of hydrogen-bond donors (Lipinski definition) is 0. The van der Waals surface area contributed by atoms with E-state index in [1.807, 2.05) is 78.9 Å². The lowest BCUT2D eigenvalue weighted by atomic mass is 9.99. The number of ketones is 1. The molecule has 2 heteroatoms. The van der Waals surface area contributed by atoms with Gasteiger partial charge in [-0.05, 0) is 28.8 Å². The first-order valence-corrected chi connectivity index (χ1v) is 10.3. The first-order chi connectivity index (χ1) is 15.3. The molecule has 0 aliphatic heterocycles. The van der Waals surface area contributed by atoms with Crippen LogP contribution >= 0.6 is 0 Å². The third-order valence-electron chi connectivity index (χ3n) is 5.88. The summed E-state index contributed by atoms with van der Waals surface area (Å²) >= 11 is 0. The Kier molecular flexibility index (Phi) is 3.97. The molecule has 0 saturated heterocycles. The van der Waals surface area contributed by atoms with Crippen LogP contribution in [0.25, 0.3) is 44.2 Å². The van der Waals surface area contributed by atoms with Gasteiger partial charge in [-0.15, -0.1) is 0 Å². The number of benzene rings is 3. The summed E-state index contributed by atoms with van der Waals surface area (Å²) in [6.45, 7) is 0. The monoisotopic (exact) mass is 398 g/mol. The summed E-state index contributed by atoms with van der Waals surface area (Å²) in [6, 6.07) is 35.9. The fourth-order valence-corrected chi connectivity index (χ4v) is 4.43. The first-order valence-electron chi connectivity index (χ1n) is 10.3. The average molecular weight is 398 g/mol. The quantitative estimate of drug-likeness (QED) is 0.287. The van der Waals surface area contributed by atoms with E-state index in [0.717, 1.165) is 44.2 Å². The van der Waals surface area contributed by atoms with Crippen LogP contribution in [-0.2, 0) is 0 Å². The normalized spacial score (nSPS) is 11.4. The van der Waals surface area contributed by atoms with Crippen molar-refractivity contribution in [3.63, 3.8) is 0 Å². The summed E-state index contributed by atoms with van der Waals surface area (Å²) in [5.74, 6) is 0.0276. The molecule has 1 aromatic heterocycles. The van der Waals surface area contributed by atoms with Crippen molar-refractivity contribution in [3.8, 4) is 22.3 Å². The highest BCUT2D eigenvalue weighted by Gasteiger charge is 2.23. The summed E-state index contributed by atoms with van der Waals surface area (Å²) in [4.78, 5) is 13.4. The Hall–Kier alpha value is -4.17. The van der Waals surface area contributed by atoms with Gasteiger partial charge in [-0.1, -0.05) is 97.1 Å². The largest absolute Gasteiger partial charge is 0.455 e. The Balaban J connectivity index is 1.64. The van der Waals surface area contributed by atoms with Gasteiger partial charge >= 0.3 is 0 Å². The zero-order valence-electron chi connectivity index (χ0n) is 16.7. The molecule has 31 heavy (non-hydrogen) atoms. The van der Waals surface area contributed by atoms with Gasteiger partial charge in [0, 0.05) is 27.5 Å². The van der Waals surface area contributed by atoms with Crippen LogP contribution in [0.3, 0.4) is 0 Å². The van der Waals surface area contributed by atoms with Crippen molar-refractivity contribution in [2.45, 2.75) is 0 Å². The smallest absolute Gasteiger partial charge is 0.193 e. The highest BCUT2D eigenvalue weighted by Crippen LogP contribution is 2.43. The third kappa shape index (κ3) is 2.77. The van der Waals surface area contributed by atoms with Crippen molar-refractivity contribution in [1.29, 1.82) is 0 Å². The third-order valence-corrected chi connectivity index (χ3v) is 5.88. The minimum Gasteiger partial charge on any atom is -0.455 e. The van der Waals surface area contributed by atoms with Gasteiger partial charge in [0.05, 0.1) is 0 Å². The second-order valence-corrected chi connectivity index (χ2v) is 7.69. The van der Waals surface area contributed by atoms with Crippen LogP contribution in [0.4, 0.5) is 0 Å². The van der Waals surface area contributed by atoms with E-state index < -0.39 is 0 Å². The molecule has 2 aliphatic rings. The van der Waals surface area contributed by atoms with Gasteiger partial charge in [0.1, 0.15) is 11.2 Å². The van der Waals surface area contributed by atoms with Crippen LogP contribution in [0.5, 0.6) is 0 Å². The highest BCUT2D eigenvalue weighted by molar-refractivity contribution is 6.17. The van der Waals surface area contributed by atoms with Gasteiger partial charge in [-0.2, -0.15) is 0 Å². The van der Waals surface area contributed by atoms with E-state index >= 15 is 0 Å². The number of rotatable bonds is 3. The molecule has 3 aromatic carbocycles.